The normalized spacial score (nSPS) is 21.2. The Morgan fingerprint density at radius 1 is 1.07 bits per heavy atom. The number of ether oxygens (including phenoxy) is 1. The summed E-state index contributed by atoms with van der Waals surface area (Å²) in [6.07, 6.45) is -0.324. The summed E-state index contributed by atoms with van der Waals surface area (Å²) in [5, 5.41) is 0. The molecular formula is C21H23N3O4S2. The molecule has 0 radical (unpaired) electrons. The van der Waals surface area contributed by atoms with Crippen LogP contribution < -0.4 is 4.80 Å². The van der Waals surface area contributed by atoms with Crippen molar-refractivity contribution in [2.45, 2.75) is 31.0 Å². The standard InChI is InChI=1S/C21H23N3O4S2/c1-14-12-24(13-15(2)28-14)30(26,27)17-10-8-16(9-11-17)20(25)22-21-23(3)18-6-4-5-7-19(18)29-21/h4-11,14-15H,12-13H2,1-3H3. The Bertz CT molecular complexity index is 1250. The molecule has 0 aliphatic carbocycles. The number of sulfonamides is 1. The largest absolute Gasteiger partial charge is 0.373 e. The number of carbonyl (C=O) groups excluding carboxylic acids is 1. The van der Waals surface area contributed by atoms with Gasteiger partial charge in [0.25, 0.3) is 5.91 Å². The highest BCUT2D eigenvalue weighted by Crippen LogP contribution is 2.22. The van der Waals surface area contributed by atoms with Crippen molar-refractivity contribution in [3.05, 3.63) is 58.9 Å². The fourth-order valence-corrected chi connectivity index (χ4v) is 6.19. The highest BCUT2D eigenvalue weighted by molar-refractivity contribution is 7.89. The van der Waals surface area contributed by atoms with Gasteiger partial charge >= 0.3 is 0 Å². The van der Waals surface area contributed by atoms with E-state index in [2.05, 4.69) is 4.99 Å². The van der Waals surface area contributed by atoms with Crippen molar-refractivity contribution in [1.82, 2.24) is 8.87 Å². The van der Waals surface area contributed by atoms with Crippen LogP contribution in [0.4, 0.5) is 0 Å². The maximum atomic E-state index is 13.0. The Kier molecular flexibility index (Phi) is 5.63. The van der Waals surface area contributed by atoms with Gasteiger partial charge in [-0.15, -0.1) is 0 Å². The Labute approximate surface area is 179 Å². The summed E-state index contributed by atoms with van der Waals surface area (Å²) in [7, 11) is -1.78. The van der Waals surface area contributed by atoms with Crippen molar-refractivity contribution in [3.8, 4) is 0 Å². The number of hydrogen-bond acceptors (Lipinski definition) is 5. The first kappa shape index (κ1) is 20.9. The van der Waals surface area contributed by atoms with Gasteiger partial charge in [-0.1, -0.05) is 23.5 Å². The first-order valence-electron chi connectivity index (χ1n) is 9.65. The number of hydrogen-bond donors (Lipinski definition) is 0. The molecule has 3 aromatic rings. The summed E-state index contributed by atoms with van der Waals surface area (Å²) in [5.74, 6) is -0.408. The fourth-order valence-electron chi connectivity index (χ4n) is 3.59. The van der Waals surface area contributed by atoms with Gasteiger partial charge in [0.1, 0.15) is 0 Å². The zero-order chi connectivity index (χ0) is 21.5. The third kappa shape index (κ3) is 3.98. The third-order valence-electron chi connectivity index (χ3n) is 5.04. The van der Waals surface area contributed by atoms with Crippen molar-refractivity contribution in [2.75, 3.05) is 13.1 Å². The molecule has 2 aromatic carbocycles. The van der Waals surface area contributed by atoms with Gasteiger partial charge in [-0.2, -0.15) is 9.30 Å². The Morgan fingerprint density at radius 2 is 1.70 bits per heavy atom. The van der Waals surface area contributed by atoms with Gasteiger partial charge in [0.15, 0.2) is 4.80 Å². The van der Waals surface area contributed by atoms with Crippen LogP contribution in [0.3, 0.4) is 0 Å². The number of thiazole rings is 1. The average molecular weight is 446 g/mol. The Balaban J connectivity index is 1.60. The molecule has 1 amide bonds. The quantitative estimate of drug-likeness (QED) is 0.621. The number of amides is 1. The number of aromatic nitrogens is 1. The monoisotopic (exact) mass is 445 g/mol. The fraction of sp³-hybridized carbons (Fsp3) is 0.333. The maximum absolute atomic E-state index is 13.0. The van der Waals surface area contributed by atoms with E-state index >= 15 is 0 Å². The Hall–Kier alpha value is -2.33. The van der Waals surface area contributed by atoms with Gasteiger partial charge in [-0.05, 0) is 50.2 Å². The van der Waals surface area contributed by atoms with E-state index in [9.17, 15) is 13.2 Å². The van der Waals surface area contributed by atoms with E-state index in [4.69, 9.17) is 4.74 Å². The second kappa shape index (κ2) is 8.07. The molecule has 1 saturated heterocycles. The lowest BCUT2D eigenvalue weighted by atomic mass is 10.2. The summed E-state index contributed by atoms with van der Waals surface area (Å²) in [5.41, 5.74) is 1.35. The lowest BCUT2D eigenvalue weighted by Crippen LogP contribution is -2.48. The van der Waals surface area contributed by atoms with E-state index in [1.54, 1.807) is 0 Å². The number of morpholine rings is 1. The molecule has 2 unspecified atom stereocenters. The molecule has 2 heterocycles. The molecule has 1 aliphatic rings. The number of rotatable bonds is 3. The molecule has 9 heteroatoms. The van der Waals surface area contributed by atoms with Gasteiger partial charge in [0.2, 0.25) is 10.0 Å². The molecule has 4 rings (SSSR count). The van der Waals surface area contributed by atoms with Crippen LogP contribution in [-0.4, -0.2) is 48.5 Å². The van der Waals surface area contributed by atoms with Crippen LogP contribution in [-0.2, 0) is 21.8 Å². The van der Waals surface area contributed by atoms with E-state index in [1.807, 2.05) is 49.7 Å². The first-order valence-corrected chi connectivity index (χ1v) is 11.9. The summed E-state index contributed by atoms with van der Waals surface area (Å²) in [6, 6.07) is 13.8. The van der Waals surface area contributed by atoms with E-state index in [-0.39, 0.29) is 17.1 Å². The predicted molar refractivity (Wildman–Crippen MR) is 116 cm³/mol. The number of nitrogens with zero attached hydrogens (tertiary/aromatic N) is 3. The van der Waals surface area contributed by atoms with Gasteiger partial charge in [0, 0.05) is 25.7 Å². The van der Waals surface area contributed by atoms with Gasteiger partial charge in [0.05, 0.1) is 27.3 Å². The minimum atomic E-state index is -3.64. The van der Waals surface area contributed by atoms with Gasteiger partial charge in [-0.25, -0.2) is 8.42 Å². The maximum Gasteiger partial charge on any atom is 0.279 e. The molecule has 1 fully saturated rings. The summed E-state index contributed by atoms with van der Waals surface area (Å²) in [4.78, 5) is 17.6. The minimum Gasteiger partial charge on any atom is -0.373 e. The predicted octanol–water partition coefficient (Wildman–Crippen LogP) is 2.78. The molecule has 30 heavy (non-hydrogen) atoms. The highest BCUT2D eigenvalue weighted by Gasteiger charge is 2.32. The van der Waals surface area contributed by atoms with Gasteiger partial charge < -0.3 is 9.30 Å². The van der Waals surface area contributed by atoms with Crippen molar-refractivity contribution >= 4 is 37.5 Å². The SMILES string of the molecule is CC1CN(S(=O)(=O)c2ccc(C(=O)N=c3sc4ccccc4n3C)cc2)CC(C)O1. The number of fused-ring (bicyclic) bond motifs is 1. The minimum absolute atomic E-state index is 0.160. The average Bonchev–Trinajstić information content (AvgIpc) is 3.03. The van der Waals surface area contributed by atoms with E-state index < -0.39 is 15.9 Å². The molecule has 158 valence electrons. The van der Waals surface area contributed by atoms with Crippen LogP contribution in [0, 0.1) is 0 Å². The number of para-hydroxylation sites is 1. The summed E-state index contributed by atoms with van der Waals surface area (Å²) in [6.45, 7) is 4.33. The van der Waals surface area contributed by atoms with Crippen LogP contribution >= 0.6 is 11.3 Å². The van der Waals surface area contributed by atoms with Crippen LogP contribution in [0.25, 0.3) is 10.2 Å². The van der Waals surface area contributed by atoms with Crippen molar-refractivity contribution in [3.63, 3.8) is 0 Å². The number of aryl methyl sites for hydroxylation is 1. The molecule has 0 N–H and O–H groups in total. The van der Waals surface area contributed by atoms with Crippen LogP contribution in [0.5, 0.6) is 0 Å². The molecular weight excluding hydrogens is 422 g/mol. The molecule has 7 nitrogen and oxygen atoms in total. The van der Waals surface area contributed by atoms with E-state index in [0.717, 1.165) is 10.2 Å². The topological polar surface area (TPSA) is 81.0 Å². The number of carbonyl (C=O) groups is 1. The van der Waals surface area contributed by atoms with Crippen molar-refractivity contribution in [2.24, 2.45) is 12.0 Å². The van der Waals surface area contributed by atoms with Crippen molar-refractivity contribution < 1.29 is 17.9 Å². The third-order valence-corrected chi connectivity index (χ3v) is 8.00. The summed E-state index contributed by atoms with van der Waals surface area (Å²) < 4.78 is 35.9. The zero-order valence-corrected chi connectivity index (χ0v) is 18.6. The lowest BCUT2D eigenvalue weighted by Gasteiger charge is -2.34. The van der Waals surface area contributed by atoms with Crippen LogP contribution in [0.2, 0.25) is 0 Å². The molecule has 1 aliphatic heterocycles. The molecule has 0 bridgehead atoms. The van der Waals surface area contributed by atoms with Crippen LogP contribution in [0.1, 0.15) is 24.2 Å². The second-order valence-corrected chi connectivity index (χ2v) is 10.4. The number of benzene rings is 2. The lowest BCUT2D eigenvalue weighted by molar-refractivity contribution is -0.0440. The summed E-state index contributed by atoms with van der Waals surface area (Å²) >= 11 is 1.43. The smallest absolute Gasteiger partial charge is 0.279 e. The molecule has 0 spiro atoms. The molecule has 0 saturated carbocycles. The first-order chi connectivity index (χ1) is 14.3. The second-order valence-electron chi connectivity index (χ2n) is 7.43. The van der Waals surface area contributed by atoms with Crippen molar-refractivity contribution in [1.29, 1.82) is 0 Å². The highest BCUT2D eigenvalue weighted by atomic mass is 32.2. The van der Waals surface area contributed by atoms with Gasteiger partial charge in [-0.3, -0.25) is 4.79 Å². The Morgan fingerprint density at radius 3 is 2.33 bits per heavy atom. The van der Waals surface area contributed by atoms with Crippen LogP contribution in [0.15, 0.2) is 58.4 Å². The zero-order valence-electron chi connectivity index (χ0n) is 17.0. The molecule has 1 aromatic heterocycles. The van der Waals surface area contributed by atoms with E-state index in [1.165, 1.54) is 39.9 Å². The van der Waals surface area contributed by atoms with E-state index in [0.29, 0.717) is 23.5 Å². The molecule has 2 atom stereocenters.